The van der Waals surface area contributed by atoms with Crippen LogP contribution < -0.4 is 15.4 Å². The summed E-state index contributed by atoms with van der Waals surface area (Å²) in [5.74, 6) is 1.09. The summed E-state index contributed by atoms with van der Waals surface area (Å²) >= 11 is 0. The average molecular weight is 289 g/mol. The first-order valence-electron chi connectivity index (χ1n) is 6.30. The number of nitrogens with zero attached hydrogens (tertiary/aromatic N) is 3. The number of nitrogens with one attached hydrogen (secondary N) is 2. The third-order valence-electron chi connectivity index (χ3n) is 2.63. The molecule has 0 amide bonds. The van der Waals surface area contributed by atoms with Gasteiger partial charge in [-0.25, -0.2) is 4.98 Å². The Balaban J connectivity index is 2.35. The van der Waals surface area contributed by atoms with Gasteiger partial charge in [0.1, 0.15) is 11.9 Å². The summed E-state index contributed by atoms with van der Waals surface area (Å²) in [6.07, 6.45) is 1.17. The topological polar surface area (TPSA) is 102 Å². The van der Waals surface area contributed by atoms with Crippen LogP contribution in [-0.4, -0.2) is 28.5 Å². The number of methoxy groups -OCH3 is 1. The zero-order valence-electron chi connectivity index (χ0n) is 11.7. The summed E-state index contributed by atoms with van der Waals surface area (Å²) < 4.78 is 5.11. The molecule has 8 heteroatoms. The van der Waals surface area contributed by atoms with Gasteiger partial charge in [0.2, 0.25) is 11.8 Å². The highest BCUT2D eigenvalue weighted by Crippen LogP contribution is 2.27. The lowest BCUT2D eigenvalue weighted by Gasteiger charge is -2.09. The zero-order chi connectivity index (χ0) is 15.2. The van der Waals surface area contributed by atoms with Gasteiger partial charge in [0, 0.05) is 18.3 Å². The van der Waals surface area contributed by atoms with E-state index in [1.165, 1.54) is 6.20 Å². The SMILES string of the molecule is CCNc1ncc([N+](=O)[O-])c(Nc2cccc(OC)c2)n1. The molecule has 0 saturated carbocycles. The molecule has 0 bridgehead atoms. The molecular formula is C13H15N5O3. The molecule has 2 rings (SSSR count). The minimum Gasteiger partial charge on any atom is -0.497 e. The van der Waals surface area contributed by atoms with Gasteiger partial charge in [-0.3, -0.25) is 10.1 Å². The maximum absolute atomic E-state index is 11.0. The Morgan fingerprint density at radius 1 is 1.43 bits per heavy atom. The molecule has 1 heterocycles. The fourth-order valence-electron chi connectivity index (χ4n) is 1.68. The second-order valence-electron chi connectivity index (χ2n) is 4.07. The fourth-order valence-corrected chi connectivity index (χ4v) is 1.68. The molecule has 110 valence electrons. The predicted octanol–water partition coefficient (Wildman–Crippen LogP) is 2.57. The standard InChI is InChI=1S/C13H15N5O3/c1-3-14-13-15-8-11(18(19)20)12(17-13)16-9-5-4-6-10(7-9)21-2/h4-8H,3H2,1-2H3,(H2,14,15,16,17). The van der Waals surface area contributed by atoms with Crippen molar-refractivity contribution in [2.75, 3.05) is 24.3 Å². The molecule has 0 aliphatic heterocycles. The summed E-state index contributed by atoms with van der Waals surface area (Å²) in [4.78, 5) is 18.5. The molecule has 2 N–H and O–H groups in total. The number of hydrogen-bond acceptors (Lipinski definition) is 7. The quantitative estimate of drug-likeness (QED) is 0.622. The molecule has 0 atom stereocenters. The lowest BCUT2D eigenvalue weighted by molar-refractivity contribution is -0.384. The monoisotopic (exact) mass is 289 g/mol. The van der Waals surface area contributed by atoms with Crippen molar-refractivity contribution in [3.8, 4) is 5.75 Å². The Morgan fingerprint density at radius 3 is 2.90 bits per heavy atom. The van der Waals surface area contributed by atoms with Gasteiger partial charge in [-0.05, 0) is 19.1 Å². The lowest BCUT2D eigenvalue weighted by atomic mass is 10.3. The largest absolute Gasteiger partial charge is 0.497 e. The molecule has 1 aromatic heterocycles. The van der Waals surface area contributed by atoms with Crippen molar-refractivity contribution >= 4 is 23.1 Å². The van der Waals surface area contributed by atoms with E-state index in [0.29, 0.717) is 23.9 Å². The van der Waals surface area contributed by atoms with E-state index >= 15 is 0 Å². The molecule has 0 saturated heterocycles. The van der Waals surface area contributed by atoms with E-state index in [1.807, 2.05) is 6.92 Å². The van der Waals surface area contributed by atoms with Gasteiger partial charge in [0.05, 0.1) is 12.0 Å². The maximum atomic E-state index is 11.0. The van der Waals surface area contributed by atoms with E-state index in [2.05, 4.69) is 20.6 Å². The first-order chi connectivity index (χ1) is 10.1. The zero-order valence-corrected chi connectivity index (χ0v) is 11.7. The highest BCUT2D eigenvalue weighted by Gasteiger charge is 2.17. The third kappa shape index (κ3) is 3.56. The molecule has 2 aromatic rings. The van der Waals surface area contributed by atoms with Crippen LogP contribution in [0.3, 0.4) is 0 Å². The molecular weight excluding hydrogens is 274 g/mol. The number of anilines is 3. The van der Waals surface area contributed by atoms with Crippen molar-refractivity contribution in [2.24, 2.45) is 0 Å². The van der Waals surface area contributed by atoms with Crippen LogP contribution in [0.5, 0.6) is 5.75 Å². The summed E-state index contributed by atoms with van der Waals surface area (Å²) in [5, 5.41) is 16.9. The summed E-state index contributed by atoms with van der Waals surface area (Å²) in [6.45, 7) is 2.51. The molecule has 8 nitrogen and oxygen atoms in total. The number of nitro groups is 1. The van der Waals surface area contributed by atoms with Crippen LogP contribution in [0.25, 0.3) is 0 Å². The molecule has 0 fully saturated rings. The smallest absolute Gasteiger partial charge is 0.329 e. The van der Waals surface area contributed by atoms with Gasteiger partial charge in [-0.1, -0.05) is 6.07 Å². The predicted molar refractivity (Wildman–Crippen MR) is 79.1 cm³/mol. The van der Waals surface area contributed by atoms with E-state index in [0.717, 1.165) is 0 Å². The molecule has 1 aromatic carbocycles. The average Bonchev–Trinajstić information content (AvgIpc) is 2.48. The Hall–Kier alpha value is -2.90. The van der Waals surface area contributed by atoms with Crippen molar-refractivity contribution in [3.05, 3.63) is 40.6 Å². The second-order valence-corrected chi connectivity index (χ2v) is 4.07. The van der Waals surface area contributed by atoms with Crippen LogP contribution in [0.1, 0.15) is 6.92 Å². The first-order valence-corrected chi connectivity index (χ1v) is 6.30. The summed E-state index contributed by atoms with van der Waals surface area (Å²) in [5.41, 5.74) is 0.443. The Morgan fingerprint density at radius 2 is 2.24 bits per heavy atom. The highest BCUT2D eigenvalue weighted by atomic mass is 16.6. The third-order valence-corrected chi connectivity index (χ3v) is 2.63. The normalized spacial score (nSPS) is 10.0. The molecule has 0 aliphatic carbocycles. The van der Waals surface area contributed by atoms with Crippen LogP contribution in [0.4, 0.5) is 23.1 Å². The molecule has 21 heavy (non-hydrogen) atoms. The van der Waals surface area contributed by atoms with Gasteiger partial charge in [-0.2, -0.15) is 4.98 Å². The summed E-state index contributed by atoms with van der Waals surface area (Å²) in [7, 11) is 1.55. The van der Waals surface area contributed by atoms with Crippen LogP contribution >= 0.6 is 0 Å². The van der Waals surface area contributed by atoms with Crippen molar-refractivity contribution in [2.45, 2.75) is 6.92 Å². The minimum atomic E-state index is -0.530. The van der Waals surface area contributed by atoms with E-state index < -0.39 is 4.92 Å². The van der Waals surface area contributed by atoms with Crippen LogP contribution in [0, 0.1) is 10.1 Å². The Labute approximate surface area is 121 Å². The molecule has 0 radical (unpaired) electrons. The van der Waals surface area contributed by atoms with E-state index in [4.69, 9.17) is 4.74 Å². The Bertz CT molecular complexity index is 647. The van der Waals surface area contributed by atoms with Gasteiger partial charge in [0.15, 0.2) is 0 Å². The first kappa shape index (κ1) is 14.5. The van der Waals surface area contributed by atoms with Gasteiger partial charge >= 0.3 is 5.69 Å². The fraction of sp³-hybridized carbons (Fsp3) is 0.231. The lowest BCUT2D eigenvalue weighted by Crippen LogP contribution is -2.06. The number of benzene rings is 1. The second kappa shape index (κ2) is 6.51. The van der Waals surface area contributed by atoms with Crippen molar-refractivity contribution in [1.29, 1.82) is 0 Å². The minimum absolute atomic E-state index is 0.124. The van der Waals surface area contributed by atoms with Crippen molar-refractivity contribution < 1.29 is 9.66 Å². The van der Waals surface area contributed by atoms with Gasteiger partial charge in [0.25, 0.3) is 0 Å². The number of aromatic nitrogens is 2. The van der Waals surface area contributed by atoms with E-state index in [9.17, 15) is 10.1 Å². The van der Waals surface area contributed by atoms with Crippen molar-refractivity contribution in [3.63, 3.8) is 0 Å². The van der Waals surface area contributed by atoms with E-state index in [1.54, 1.807) is 31.4 Å². The Kier molecular flexibility index (Phi) is 4.50. The number of rotatable bonds is 6. The van der Waals surface area contributed by atoms with Crippen molar-refractivity contribution in [1.82, 2.24) is 9.97 Å². The van der Waals surface area contributed by atoms with Crippen LogP contribution in [0.15, 0.2) is 30.5 Å². The maximum Gasteiger partial charge on any atom is 0.329 e. The molecule has 0 aliphatic rings. The van der Waals surface area contributed by atoms with Crippen LogP contribution in [-0.2, 0) is 0 Å². The summed E-state index contributed by atoms with van der Waals surface area (Å²) in [6, 6.07) is 7.04. The number of ether oxygens (including phenoxy) is 1. The highest BCUT2D eigenvalue weighted by molar-refractivity contribution is 5.66. The van der Waals surface area contributed by atoms with Gasteiger partial charge in [-0.15, -0.1) is 0 Å². The van der Waals surface area contributed by atoms with Crippen LogP contribution in [0.2, 0.25) is 0 Å². The number of hydrogen-bond donors (Lipinski definition) is 2. The molecule has 0 unspecified atom stereocenters. The van der Waals surface area contributed by atoms with Gasteiger partial charge < -0.3 is 15.4 Å². The van der Waals surface area contributed by atoms with E-state index in [-0.39, 0.29) is 11.5 Å². The molecule has 0 spiro atoms.